The molecule has 1 amide bonds. The average Bonchev–Trinajstić information content (AvgIpc) is 3.50. The third-order valence-corrected chi connectivity index (χ3v) is 5.67. The highest BCUT2D eigenvalue weighted by Gasteiger charge is 2.37. The number of carbonyl (C=O) groups excluding carboxylic acids is 1. The van der Waals surface area contributed by atoms with E-state index in [1.165, 1.54) is 0 Å². The van der Waals surface area contributed by atoms with E-state index in [0.29, 0.717) is 22.3 Å². The molecular formula is C22H23ClN4O2. The van der Waals surface area contributed by atoms with Gasteiger partial charge in [0.05, 0.1) is 18.5 Å². The molecule has 1 aromatic heterocycles. The number of aromatic nitrogens is 3. The Bertz CT molecular complexity index is 1030. The summed E-state index contributed by atoms with van der Waals surface area (Å²) in [6.45, 7) is 3.94. The van der Waals surface area contributed by atoms with Gasteiger partial charge in [0, 0.05) is 16.8 Å². The summed E-state index contributed by atoms with van der Waals surface area (Å²) in [7, 11) is 1.63. The summed E-state index contributed by atoms with van der Waals surface area (Å²) < 4.78 is 6.90. The minimum Gasteiger partial charge on any atom is -0.497 e. The number of hydrogen-bond acceptors (Lipinski definition) is 4. The Hall–Kier alpha value is -2.86. The Balaban J connectivity index is 1.71. The van der Waals surface area contributed by atoms with Crippen LogP contribution in [0.4, 0.5) is 5.69 Å². The van der Waals surface area contributed by atoms with E-state index in [0.717, 1.165) is 30.0 Å². The summed E-state index contributed by atoms with van der Waals surface area (Å²) in [5.74, 6) is 1.10. The Labute approximate surface area is 175 Å². The molecule has 29 heavy (non-hydrogen) atoms. The molecule has 0 saturated heterocycles. The van der Waals surface area contributed by atoms with Crippen molar-refractivity contribution in [2.45, 2.75) is 32.7 Å². The van der Waals surface area contributed by atoms with Gasteiger partial charge in [-0.15, -0.1) is 5.10 Å². The topological polar surface area (TPSA) is 60.2 Å². The van der Waals surface area contributed by atoms with Crippen LogP contribution in [0, 0.1) is 12.8 Å². The van der Waals surface area contributed by atoms with Gasteiger partial charge in [0.25, 0.3) is 5.91 Å². The Morgan fingerprint density at radius 2 is 1.97 bits per heavy atom. The number of nitrogens with zero attached hydrogens (tertiary/aromatic N) is 4. The van der Waals surface area contributed by atoms with Gasteiger partial charge in [-0.05, 0) is 75.1 Å². The van der Waals surface area contributed by atoms with Crippen LogP contribution in [-0.2, 0) is 0 Å². The molecule has 1 aliphatic rings. The van der Waals surface area contributed by atoms with E-state index in [2.05, 4.69) is 17.2 Å². The van der Waals surface area contributed by atoms with Crippen molar-refractivity contribution in [3.8, 4) is 11.4 Å². The predicted octanol–water partition coefficient (Wildman–Crippen LogP) is 4.68. The summed E-state index contributed by atoms with van der Waals surface area (Å²) in [5, 5.41) is 9.03. The van der Waals surface area contributed by atoms with Crippen molar-refractivity contribution in [3.05, 3.63) is 64.9 Å². The number of hydrogen-bond donors (Lipinski definition) is 0. The summed E-state index contributed by atoms with van der Waals surface area (Å²) in [6, 6.07) is 15.0. The lowest BCUT2D eigenvalue weighted by molar-refractivity contribution is 0.0970. The standard InChI is InChI=1S/C22H23ClN4O2/c1-14(16-7-8-16)26(18-9-11-20(29-3)12-10-18)22(28)21-15(2)27(25-24-21)19-6-4-5-17(23)13-19/h4-6,9-14,16H,7-8H2,1-3H3. The number of methoxy groups -OCH3 is 1. The number of amides is 1. The molecule has 4 rings (SSSR count). The van der Waals surface area contributed by atoms with Crippen LogP contribution >= 0.6 is 11.6 Å². The number of ether oxygens (including phenoxy) is 1. The van der Waals surface area contributed by atoms with Crippen molar-refractivity contribution in [3.63, 3.8) is 0 Å². The monoisotopic (exact) mass is 410 g/mol. The molecule has 1 unspecified atom stereocenters. The van der Waals surface area contributed by atoms with Gasteiger partial charge in [-0.25, -0.2) is 4.68 Å². The summed E-state index contributed by atoms with van der Waals surface area (Å²) >= 11 is 6.11. The van der Waals surface area contributed by atoms with E-state index in [9.17, 15) is 4.79 Å². The Morgan fingerprint density at radius 1 is 1.24 bits per heavy atom. The van der Waals surface area contributed by atoms with Crippen LogP contribution in [0.25, 0.3) is 5.69 Å². The lowest BCUT2D eigenvalue weighted by atomic mass is 10.1. The molecule has 0 radical (unpaired) electrons. The summed E-state index contributed by atoms with van der Waals surface area (Å²) in [4.78, 5) is 15.4. The fourth-order valence-corrected chi connectivity index (χ4v) is 3.75. The minimum atomic E-state index is -0.152. The first-order valence-electron chi connectivity index (χ1n) is 9.65. The first kappa shape index (κ1) is 19.5. The highest BCUT2D eigenvalue weighted by atomic mass is 35.5. The van der Waals surface area contributed by atoms with Gasteiger partial charge < -0.3 is 9.64 Å². The molecule has 0 bridgehead atoms. The van der Waals surface area contributed by atoms with Crippen molar-refractivity contribution in [1.29, 1.82) is 0 Å². The van der Waals surface area contributed by atoms with Crippen LogP contribution in [0.5, 0.6) is 5.75 Å². The van der Waals surface area contributed by atoms with Gasteiger partial charge in [0.15, 0.2) is 5.69 Å². The lowest BCUT2D eigenvalue weighted by Gasteiger charge is -2.29. The molecule has 6 nitrogen and oxygen atoms in total. The zero-order chi connectivity index (χ0) is 20.5. The Morgan fingerprint density at radius 3 is 2.59 bits per heavy atom. The molecule has 1 fully saturated rings. The number of anilines is 1. The van der Waals surface area contributed by atoms with Crippen molar-refractivity contribution in [2.75, 3.05) is 12.0 Å². The maximum Gasteiger partial charge on any atom is 0.281 e. The maximum absolute atomic E-state index is 13.6. The molecule has 1 saturated carbocycles. The largest absolute Gasteiger partial charge is 0.497 e. The quantitative estimate of drug-likeness (QED) is 0.591. The van der Waals surface area contributed by atoms with Crippen LogP contribution in [0.15, 0.2) is 48.5 Å². The number of carbonyl (C=O) groups is 1. The second kappa shape index (κ2) is 7.87. The fraction of sp³-hybridized carbons (Fsp3) is 0.318. The zero-order valence-electron chi connectivity index (χ0n) is 16.7. The minimum absolute atomic E-state index is 0.0756. The summed E-state index contributed by atoms with van der Waals surface area (Å²) in [6.07, 6.45) is 2.27. The predicted molar refractivity (Wildman–Crippen MR) is 113 cm³/mol. The van der Waals surface area contributed by atoms with E-state index < -0.39 is 0 Å². The molecule has 1 aliphatic carbocycles. The molecule has 2 aromatic carbocycles. The van der Waals surface area contributed by atoms with Crippen LogP contribution in [-0.4, -0.2) is 34.1 Å². The first-order chi connectivity index (χ1) is 14.0. The SMILES string of the molecule is COc1ccc(N(C(=O)c2nnn(-c3cccc(Cl)c3)c2C)C(C)C2CC2)cc1. The van der Waals surface area contributed by atoms with Crippen molar-refractivity contribution in [2.24, 2.45) is 5.92 Å². The van der Waals surface area contributed by atoms with Crippen molar-refractivity contribution in [1.82, 2.24) is 15.0 Å². The molecule has 3 aromatic rings. The molecule has 150 valence electrons. The van der Waals surface area contributed by atoms with Gasteiger partial charge in [0.1, 0.15) is 5.75 Å². The van der Waals surface area contributed by atoms with E-state index in [-0.39, 0.29) is 11.9 Å². The smallest absolute Gasteiger partial charge is 0.281 e. The zero-order valence-corrected chi connectivity index (χ0v) is 17.4. The third kappa shape index (κ3) is 3.85. The van der Waals surface area contributed by atoms with Crippen LogP contribution in [0.3, 0.4) is 0 Å². The first-order valence-corrected chi connectivity index (χ1v) is 10.0. The van der Waals surface area contributed by atoms with Gasteiger partial charge in [-0.2, -0.15) is 0 Å². The normalized spacial score (nSPS) is 14.5. The van der Waals surface area contributed by atoms with Crippen molar-refractivity contribution >= 4 is 23.2 Å². The number of rotatable bonds is 6. The highest BCUT2D eigenvalue weighted by molar-refractivity contribution is 6.30. The Kier molecular flexibility index (Phi) is 5.28. The van der Waals surface area contributed by atoms with Gasteiger partial charge >= 0.3 is 0 Å². The van der Waals surface area contributed by atoms with Gasteiger partial charge in [-0.3, -0.25) is 4.79 Å². The molecule has 1 heterocycles. The lowest BCUT2D eigenvalue weighted by Crippen LogP contribution is -2.40. The number of halogens is 1. The van der Waals surface area contributed by atoms with Crippen LogP contribution < -0.4 is 9.64 Å². The second-order valence-electron chi connectivity index (χ2n) is 7.37. The maximum atomic E-state index is 13.6. The van der Waals surface area contributed by atoms with E-state index in [1.54, 1.807) is 23.9 Å². The third-order valence-electron chi connectivity index (χ3n) is 5.43. The van der Waals surface area contributed by atoms with Crippen LogP contribution in [0.2, 0.25) is 5.02 Å². The van der Waals surface area contributed by atoms with E-state index in [1.807, 2.05) is 48.2 Å². The molecule has 7 heteroatoms. The van der Waals surface area contributed by atoms with Gasteiger partial charge in [0.2, 0.25) is 0 Å². The highest BCUT2D eigenvalue weighted by Crippen LogP contribution is 2.38. The molecule has 0 aliphatic heterocycles. The van der Waals surface area contributed by atoms with Crippen molar-refractivity contribution < 1.29 is 9.53 Å². The molecule has 1 atom stereocenters. The fourth-order valence-electron chi connectivity index (χ4n) is 3.56. The molecule has 0 N–H and O–H groups in total. The van der Waals surface area contributed by atoms with E-state index >= 15 is 0 Å². The average molecular weight is 411 g/mol. The van der Waals surface area contributed by atoms with Crippen LogP contribution in [0.1, 0.15) is 35.9 Å². The summed E-state index contributed by atoms with van der Waals surface area (Å²) in [5.41, 5.74) is 2.62. The van der Waals surface area contributed by atoms with E-state index in [4.69, 9.17) is 16.3 Å². The number of benzene rings is 2. The second-order valence-corrected chi connectivity index (χ2v) is 7.80. The molecule has 0 spiro atoms. The molecular weight excluding hydrogens is 388 g/mol. The van der Waals surface area contributed by atoms with Gasteiger partial charge in [-0.1, -0.05) is 22.9 Å².